The van der Waals surface area contributed by atoms with Crippen LogP contribution in [0.2, 0.25) is 0 Å². The Morgan fingerprint density at radius 3 is 2.23 bits per heavy atom. The first-order valence-electron chi connectivity index (χ1n) is 15.3. The minimum Gasteiger partial charge on any atom is -0.353 e. The minimum absolute atomic E-state index is 0.0221. The predicted molar refractivity (Wildman–Crippen MR) is 152 cm³/mol. The molecule has 218 valence electrons. The van der Waals surface area contributed by atoms with E-state index in [0.29, 0.717) is 11.7 Å². The molecule has 6 heteroatoms. The third kappa shape index (κ3) is 3.85. The second-order valence-electron chi connectivity index (χ2n) is 16.0. The molecular formula is C33H52N2O4. The summed E-state index contributed by atoms with van der Waals surface area (Å²) in [5.74, 6) is 0.875. The molecule has 0 aromatic rings. The van der Waals surface area contributed by atoms with E-state index in [-0.39, 0.29) is 56.8 Å². The van der Waals surface area contributed by atoms with Crippen LogP contribution >= 0.6 is 0 Å². The van der Waals surface area contributed by atoms with E-state index in [1.54, 1.807) is 6.92 Å². The van der Waals surface area contributed by atoms with Crippen LogP contribution in [-0.2, 0) is 19.2 Å². The lowest BCUT2D eigenvalue weighted by Crippen LogP contribution is -2.67. The van der Waals surface area contributed by atoms with Crippen molar-refractivity contribution in [3.8, 4) is 0 Å². The smallest absolute Gasteiger partial charge is 0.249 e. The van der Waals surface area contributed by atoms with Crippen LogP contribution in [0.3, 0.4) is 0 Å². The van der Waals surface area contributed by atoms with Crippen molar-refractivity contribution in [1.29, 1.82) is 0 Å². The number of carbonyl (C=O) groups is 3. The van der Waals surface area contributed by atoms with Gasteiger partial charge < -0.3 is 5.32 Å². The Balaban J connectivity index is 1.56. The summed E-state index contributed by atoms with van der Waals surface area (Å²) in [6, 6.07) is 0.145. The summed E-state index contributed by atoms with van der Waals surface area (Å²) in [4.78, 5) is 44.7. The van der Waals surface area contributed by atoms with Gasteiger partial charge in [-0.2, -0.15) is 0 Å². The fourth-order valence-corrected chi connectivity index (χ4v) is 11.1. The molecule has 0 aromatic carbocycles. The molecule has 4 fully saturated rings. The van der Waals surface area contributed by atoms with E-state index >= 15 is 0 Å². The molecule has 6 nitrogen and oxygen atoms in total. The Morgan fingerprint density at radius 2 is 1.59 bits per heavy atom. The average Bonchev–Trinajstić information content (AvgIpc) is 2.83. The van der Waals surface area contributed by atoms with Gasteiger partial charge in [0.1, 0.15) is 0 Å². The van der Waals surface area contributed by atoms with Crippen LogP contribution in [0.1, 0.15) is 113 Å². The monoisotopic (exact) mass is 540 g/mol. The first-order chi connectivity index (χ1) is 18.0. The van der Waals surface area contributed by atoms with Gasteiger partial charge in [-0.3, -0.25) is 19.2 Å². The normalized spacial score (nSPS) is 48.4. The number of hydroxylamine groups is 1. The molecule has 0 aliphatic heterocycles. The van der Waals surface area contributed by atoms with Crippen molar-refractivity contribution in [3.05, 3.63) is 11.6 Å². The van der Waals surface area contributed by atoms with E-state index in [1.165, 1.54) is 12.7 Å². The van der Waals surface area contributed by atoms with E-state index in [2.05, 4.69) is 65.3 Å². The highest BCUT2D eigenvalue weighted by molar-refractivity contribution is 5.95. The Morgan fingerprint density at radius 1 is 0.923 bits per heavy atom. The van der Waals surface area contributed by atoms with Gasteiger partial charge in [0.2, 0.25) is 11.8 Å². The number of ketones is 1. The molecule has 5 aliphatic rings. The maximum absolute atomic E-state index is 14.5. The van der Waals surface area contributed by atoms with E-state index in [1.807, 2.05) is 0 Å². The lowest BCUT2D eigenvalue weighted by molar-refractivity contribution is -0.189. The van der Waals surface area contributed by atoms with Crippen LogP contribution in [-0.4, -0.2) is 30.7 Å². The van der Waals surface area contributed by atoms with Gasteiger partial charge in [-0.25, -0.2) is 5.48 Å². The average molecular weight is 541 g/mol. The summed E-state index contributed by atoms with van der Waals surface area (Å²) in [5.41, 5.74) is 3.17. The highest BCUT2D eigenvalue weighted by atomic mass is 16.6. The van der Waals surface area contributed by atoms with Crippen molar-refractivity contribution in [2.75, 3.05) is 7.11 Å². The SMILES string of the molecule is CONC(=O)[C@@]1(C)CC[C@]2(C)CC[C@]3(C)C(=CC(=O)[C@@H]4[C@@]5(C)CC[C@H](NC(C)=O)C(C)(C)C5CC[C@]43C)[C@@H]2C1. The molecule has 5 aliphatic carbocycles. The quantitative estimate of drug-likeness (QED) is 0.421. The second kappa shape index (κ2) is 8.90. The van der Waals surface area contributed by atoms with Gasteiger partial charge in [0.25, 0.3) is 0 Å². The standard InChI is InChI=1S/C33H52N2O4/c1-20(36)34-25-11-12-31(6)24(28(25,2)3)10-13-33(8)26(31)23(37)18-21-22-19-30(5,27(38)35-39-9)15-14-29(22,4)16-17-32(21,33)7/h18,22,24-26H,10-17,19H2,1-9H3,(H,34,36)(H,35,38)/t22-,24?,25-,26+,29+,30-,31-,32+,33+/m0/s1. The van der Waals surface area contributed by atoms with Gasteiger partial charge in [-0.1, -0.05) is 54.0 Å². The topological polar surface area (TPSA) is 84.5 Å². The highest BCUT2D eigenvalue weighted by Gasteiger charge is 2.70. The molecule has 2 N–H and O–H groups in total. The Bertz CT molecular complexity index is 1110. The van der Waals surface area contributed by atoms with E-state index in [9.17, 15) is 14.4 Å². The van der Waals surface area contributed by atoms with Gasteiger partial charge in [0, 0.05) is 24.3 Å². The molecule has 0 radical (unpaired) electrons. The van der Waals surface area contributed by atoms with Crippen molar-refractivity contribution in [2.45, 2.75) is 119 Å². The number of amides is 2. The fraction of sp³-hybridized carbons (Fsp3) is 0.848. The van der Waals surface area contributed by atoms with Gasteiger partial charge in [-0.15, -0.1) is 0 Å². The van der Waals surface area contributed by atoms with Crippen molar-refractivity contribution in [3.63, 3.8) is 0 Å². The van der Waals surface area contributed by atoms with Gasteiger partial charge in [0.05, 0.1) is 7.11 Å². The second-order valence-corrected chi connectivity index (χ2v) is 16.0. The number of carbonyl (C=O) groups excluding carboxylic acids is 3. The van der Waals surface area contributed by atoms with Crippen LogP contribution in [0.15, 0.2) is 11.6 Å². The molecule has 1 unspecified atom stereocenters. The fourth-order valence-electron chi connectivity index (χ4n) is 11.1. The maximum atomic E-state index is 14.5. The molecule has 39 heavy (non-hydrogen) atoms. The number of hydrogen-bond acceptors (Lipinski definition) is 4. The summed E-state index contributed by atoms with van der Waals surface area (Å²) in [5, 5.41) is 3.25. The van der Waals surface area contributed by atoms with Crippen LogP contribution in [0.25, 0.3) is 0 Å². The molecule has 2 amide bonds. The lowest BCUT2D eigenvalue weighted by atomic mass is 9.33. The van der Waals surface area contributed by atoms with Gasteiger partial charge >= 0.3 is 0 Å². The van der Waals surface area contributed by atoms with Gasteiger partial charge in [-0.05, 0) is 103 Å². The lowest BCUT2D eigenvalue weighted by Gasteiger charge is -2.70. The van der Waals surface area contributed by atoms with E-state index in [4.69, 9.17) is 4.84 Å². The third-order valence-corrected chi connectivity index (χ3v) is 13.7. The van der Waals surface area contributed by atoms with Crippen LogP contribution in [0, 0.1) is 50.2 Å². The first kappa shape index (κ1) is 28.8. The van der Waals surface area contributed by atoms with Crippen molar-refractivity contribution in [2.24, 2.45) is 50.2 Å². The van der Waals surface area contributed by atoms with Crippen molar-refractivity contribution in [1.82, 2.24) is 10.8 Å². The Kier molecular flexibility index (Phi) is 6.58. The minimum atomic E-state index is -0.504. The zero-order valence-corrected chi connectivity index (χ0v) is 25.9. The molecule has 0 bridgehead atoms. The Labute approximate surface area is 235 Å². The summed E-state index contributed by atoms with van der Waals surface area (Å²) in [6.07, 6.45) is 10.9. The van der Waals surface area contributed by atoms with Crippen LogP contribution in [0.4, 0.5) is 0 Å². The molecule has 0 aromatic heterocycles. The molecule has 9 atom stereocenters. The molecule has 0 saturated heterocycles. The predicted octanol–water partition coefficient (Wildman–Crippen LogP) is 6.15. The zero-order chi connectivity index (χ0) is 28.8. The Hall–Kier alpha value is -1.69. The molecular weight excluding hydrogens is 488 g/mol. The van der Waals surface area contributed by atoms with Crippen LogP contribution in [0.5, 0.6) is 0 Å². The van der Waals surface area contributed by atoms with Gasteiger partial charge in [0.15, 0.2) is 5.78 Å². The summed E-state index contributed by atoms with van der Waals surface area (Å²) >= 11 is 0. The molecule has 0 heterocycles. The number of allylic oxidation sites excluding steroid dienone is 2. The third-order valence-electron chi connectivity index (χ3n) is 13.7. The zero-order valence-electron chi connectivity index (χ0n) is 25.9. The van der Waals surface area contributed by atoms with Crippen LogP contribution < -0.4 is 10.8 Å². The van der Waals surface area contributed by atoms with Crippen molar-refractivity contribution >= 4 is 17.6 Å². The number of fused-ring (bicyclic) bond motifs is 7. The number of rotatable bonds is 3. The summed E-state index contributed by atoms with van der Waals surface area (Å²) < 4.78 is 0. The van der Waals surface area contributed by atoms with Crippen molar-refractivity contribution < 1.29 is 19.2 Å². The van der Waals surface area contributed by atoms with E-state index in [0.717, 1.165) is 57.8 Å². The first-order valence-corrected chi connectivity index (χ1v) is 15.3. The summed E-state index contributed by atoms with van der Waals surface area (Å²) in [7, 11) is 1.50. The number of nitrogens with one attached hydrogen (secondary N) is 2. The number of hydrogen-bond donors (Lipinski definition) is 2. The molecule has 4 saturated carbocycles. The largest absolute Gasteiger partial charge is 0.353 e. The van der Waals surface area contributed by atoms with E-state index < -0.39 is 5.41 Å². The highest BCUT2D eigenvalue weighted by Crippen LogP contribution is 2.75. The molecule has 5 rings (SSSR count). The maximum Gasteiger partial charge on any atom is 0.249 e. The molecule has 0 spiro atoms. The summed E-state index contributed by atoms with van der Waals surface area (Å²) in [6.45, 7) is 18.0.